The summed E-state index contributed by atoms with van der Waals surface area (Å²) in [5, 5.41) is 3.51. The zero-order valence-electron chi connectivity index (χ0n) is 10.7. The smallest absolute Gasteiger partial charge is 0.0344 e. The molecule has 2 nitrogen and oxygen atoms in total. The van der Waals surface area contributed by atoms with Gasteiger partial charge in [0.2, 0.25) is 0 Å². The summed E-state index contributed by atoms with van der Waals surface area (Å²) in [4.78, 5) is 0. The Balaban J connectivity index is 2.61. The first-order valence-electron chi connectivity index (χ1n) is 6.14. The fourth-order valence-electron chi connectivity index (χ4n) is 1.86. The lowest BCUT2D eigenvalue weighted by atomic mass is 10.00. The number of anilines is 1. The van der Waals surface area contributed by atoms with Crippen molar-refractivity contribution in [1.29, 1.82) is 0 Å². The van der Waals surface area contributed by atoms with Crippen LogP contribution in [0.1, 0.15) is 39.2 Å². The van der Waals surface area contributed by atoms with Crippen molar-refractivity contribution in [2.45, 2.75) is 45.6 Å². The molecular formula is C14H24N2. The molecule has 0 aliphatic rings. The van der Waals surface area contributed by atoms with E-state index in [-0.39, 0.29) is 5.54 Å². The van der Waals surface area contributed by atoms with Crippen molar-refractivity contribution in [3.05, 3.63) is 29.8 Å². The van der Waals surface area contributed by atoms with E-state index in [0.29, 0.717) is 6.54 Å². The molecule has 0 radical (unpaired) electrons. The highest BCUT2D eigenvalue weighted by molar-refractivity contribution is 5.46. The summed E-state index contributed by atoms with van der Waals surface area (Å²) < 4.78 is 0. The lowest BCUT2D eigenvalue weighted by Crippen LogP contribution is -2.33. The monoisotopic (exact) mass is 220 g/mol. The highest BCUT2D eigenvalue weighted by Crippen LogP contribution is 2.18. The van der Waals surface area contributed by atoms with Gasteiger partial charge in [-0.05, 0) is 50.9 Å². The Morgan fingerprint density at radius 1 is 1.19 bits per heavy atom. The number of nitrogens with two attached hydrogens (primary N) is 1. The summed E-state index contributed by atoms with van der Waals surface area (Å²) in [6.45, 7) is 7.28. The quantitative estimate of drug-likeness (QED) is 0.772. The Bertz CT molecular complexity index is 301. The lowest BCUT2D eigenvalue weighted by molar-refractivity contribution is 0.526. The van der Waals surface area contributed by atoms with E-state index in [9.17, 15) is 0 Å². The second kappa shape index (κ2) is 5.90. The van der Waals surface area contributed by atoms with Gasteiger partial charge in [0, 0.05) is 11.2 Å². The minimum Gasteiger partial charge on any atom is -0.380 e. The van der Waals surface area contributed by atoms with Crippen LogP contribution < -0.4 is 11.1 Å². The second-order valence-electron chi connectivity index (χ2n) is 4.99. The molecule has 0 saturated carbocycles. The van der Waals surface area contributed by atoms with Gasteiger partial charge in [0.05, 0.1) is 0 Å². The zero-order chi connectivity index (χ0) is 12.0. The Morgan fingerprint density at radius 2 is 1.81 bits per heavy atom. The first-order chi connectivity index (χ1) is 7.57. The zero-order valence-corrected chi connectivity index (χ0v) is 10.7. The molecule has 0 aliphatic carbocycles. The molecule has 1 rings (SSSR count). The second-order valence-corrected chi connectivity index (χ2v) is 4.99. The third kappa shape index (κ3) is 4.23. The SMILES string of the molecule is CCCc1ccc(NC(C)(C)CCN)cc1. The molecule has 3 N–H and O–H groups in total. The van der Waals surface area contributed by atoms with E-state index in [1.54, 1.807) is 0 Å². The van der Waals surface area contributed by atoms with Crippen LogP contribution in [0.2, 0.25) is 0 Å². The van der Waals surface area contributed by atoms with Gasteiger partial charge in [-0.3, -0.25) is 0 Å². The van der Waals surface area contributed by atoms with Crippen molar-refractivity contribution < 1.29 is 0 Å². The highest BCUT2D eigenvalue weighted by Gasteiger charge is 2.15. The topological polar surface area (TPSA) is 38.0 Å². The molecule has 2 heteroatoms. The number of hydrogen-bond acceptors (Lipinski definition) is 2. The summed E-state index contributed by atoms with van der Waals surface area (Å²) in [5.74, 6) is 0. The maximum Gasteiger partial charge on any atom is 0.0344 e. The predicted octanol–water partition coefficient (Wildman–Crippen LogP) is 3.18. The summed E-state index contributed by atoms with van der Waals surface area (Å²) in [7, 11) is 0. The van der Waals surface area contributed by atoms with Crippen LogP contribution in [0.25, 0.3) is 0 Å². The minimum absolute atomic E-state index is 0.0705. The van der Waals surface area contributed by atoms with E-state index >= 15 is 0 Å². The van der Waals surface area contributed by atoms with Gasteiger partial charge in [0.25, 0.3) is 0 Å². The minimum atomic E-state index is 0.0705. The number of aryl methyl sites for hydroxylation is 1. The Morgan fingerprint density at radius 3 is 2.31 bits per heavy atom. The van der Waals surface area contributed by atoms with Crippen LogP contribution in [0.4, 0.5) is 5.69 Å². The van der Waals surface area contributed by atoms with E-state index in [0.717, 1.165) is 12.8 Å². The van der Waals surface area contributed by atoms with Crippen molar-refractivity contribution in [2.75, 3.05) is 11.9 Å². The van der Waals surface area contributed by atoms with Crippen molar-refractivity contribution in [3.63, 3.8) is 0 Å². The van der Waals surface area contributed by atoms with Crippen LogP contribution in [0, 0.1) is 0 Å². The van der Waals surface area contributed by atoms with Crippen LogP contribution in [-0.4, -0.2) is 12.1 Å². The third-order valence-corrected chi connectivity index (χ3v) is 2.74. The fourth-order valence-corrected chi connectivity index (χ4v) is 1.86. The first-order valence-corrected chi connectivity index (χ1v) is 6.14. The maximum absolute atomic E-state index is 5.59. The van der Waals surface area contributed by atoms with Crippen LogP contribution in [0.5, 0.6) is 0 Å². The van der Waals surface area contributed by atoms with Gasteiger partial charge in [0.15, 0.2) is 0 Å². The van der Waals surface area contributed by atoms with Crippen molar-refractivity contribution >= 4 is 5.69 Å². The molecule has 90 valence electrons. The molecule has 0 saturated heterocycles. The summed E-state index contributed by atoms with van der Waals surface area (Å²) in [5.41, 5.74) is 8.25. The Labute approximate surface area is 99.2 Å². The average Bonchev–Trinajstić information content (AvgIpc) is 2.21. The molecule has 16 heavy (non-hydrogen) atoms. The highest BCUT2D eigenvalue weighted by atomic mass is 15.0. The molecule has 1 aromatic rings. The first kappa shape index (κ1) is 13.0. The molecule has 0 aromatic heterocycles. The largest absolute Gasteiger partial charge is 0.380 e. The number of rotatable bonds is 6. The molecule has 0 unspecified atom stereocenters. The maximum atomic E-state index is 5.59. The number of hydrogen-bond donors (Lipinski definition) is 2. The van der Waals surface area contributed by atoms with Crippen LogP contribution in [-0.2, 0) is 6.42 Å². The molecule has 0 fully saturated rings. The lowest BCUT2D eigenvalue weighted by Gasteiger charge is -2.27. The van der Waals surface area contributed by atoms with Gasteiger partial charge < -0.3 is 11.1 Å². The Kier molecular flexibility index (Phi) is 4.81. The van der Waals surface area contributed by atoms with Gasteiger partial charge in [-0.2, -0.15) is 0 Å². The molecular weight excluding hydrogens is 196 g/mol. The molecule has 0 spiro atoms. The standard InChI is InChI=1S/C14H24N2/c1-4-5-12-6-8-13(9-7-12)16-14(2,3)10-11-15/h6-9,16H,4-5,10-11,15H2,1-3H3. The average molecular weight is 220 g/mol. The molecule has 0 aliphatic heterocycles. The molecule has 0 atom stereocenters. The van der Waals surface area contributed by atoms with Gasteiger partial charge in [-0.1, -0.05) is 25.5 Å². The van der Waals surface area contributed by atoms with Gasteiger partial charge in [-0.25, -0.2) is 0 Å². The summed E-state index contributed by atoms with van der Waals surface area (Å²) in [6.07, 6.45) is 3.33. The van der Waals surface area contributed by atoms with Gasteiger partial charge in [-0.15, -0.1) is 0 Å². The van der Waals surface area contributed by atoms with Crippen molar-refractivity contribution in [1.82, 2.24) is 0 Å². The normalized spacial score (nSPS) is 11.5. The summed E-state index contributed by atoms with van der Waals surface area (Å²) in [6, 6.07) is 8.71. The van der Waals surface area contributed by atoms with Gasteiger partial charge in [0.1, 0.15) is 0 Å². The van der Waals surface area contributed by atoms with Crippen molar-refractivity contribution in [2.24, 2.45) is 5.73 Å². The van der Waals surface area contributed by atoms with E-state index in [1.807, 2.05) is 0 Å². The van der Waals surface area contributed by atoms with Crippen LogP contribution in [0.15, 0.2) is 24.3 Å². The molecule has 0 amide bonds. The van der Waals surface area contributed by atoms with Crippen LogP contribution >= 0.6 is 0 Å². The number of benzene rings is 1. The third-order valence-electron chi connectivity index (χ3n) is 2.74. The predicted molar refractivity (Wildman–Crippen MR) is 71.8 cm³/mol. The van der Waals surface area contributed by atoms with Crippen LogP contribution in [0.3, 0.4) is 0 Å². The Hall–Kier alpha value is -1.02. The van der Waals surface area contributed by atoms with E-state index in [4.69, 9.17) is 5.73 Å². The molecule has 0 bridgehead atoms. The van der Waals surface area contributed by atoms with E-state index in [2.05, 4.69) is 50.4 Å². The fraction of sp³-hybridized carbons (Fsp3) is 0.571. The summed E-state index contributed by atoms with van der Waals surface area (Å²) >= 11 is 0. The van der Waals surface area contributed by atoms with E-state index in [1.165, 1.54) is 17.7 Å². The van der Waals surface area contributed by atoms with E-state index < -0.39 is 0 Å². The van der Waals surface area contributed by atoms with Crippen molar-refractivity contribution in [3.8, 4) is 0 Å². The molecule has 1 aromatic carbocycles. The van der Waals surface area contributed by atoms with Gasteiger partial charge >= 0.3 is 0 Å². The number of nitrogens with one attached hydrogen (secondary N) is 1. The molecule has 0 heterocycles.